The van der Waals surface area contributed by atoms with Crippen molar-refractivity contribution in [3.63, 3.8) is 0 Å². The van der Waals surface area contributed by atoms with Crippen LogP contribution in [0.3, 0.4) is 0 Å². The van der Waals surface area contributed by atoms with Gasteiger partial charge in [0.25, 0.3) is 0 Å². The normalized spacial score (nSPS) is 25.2. The number of fused-ring (bicyclic) bond motifs is 1. The van der Waals surface area contributed by atoms with E-state index in [0.717, 1.165) is 19.4 Å². The summed E-state index contributed by atoms with van der Waals surface area (Å²) in [7, 11) is 0. The van der Waals surface area contributed by atoms with Crippen molar-refractivity contribution in [3.8, 4) is 0 Å². The summed E-state index contributed by atoms with van der Waals surface area (Å²) in [5.41, 5.74) is 0.836. The first-order valence-corrected chi connectivity index (χ1v) is 7.50. The second kappa shape index (κ2) is 5.56. The number of carbonyl (C=O) groups excluding carboxylic acids is 1. The minimum atomic E-state index is -0.966. The Morgan fingerprint density at radius 3 is 2.95 bits per heavy atom. The summed E-state index contributed by atoms with van der Waals surface area (Å²) < 4.78 is 0. The quantitative estimate of drug-likeness (QED) is 0.878. The second-order valence-electron chi connectivity index (χ2n) is 5.65. The number of anilines is 1. The minimum Gasteiger partial charge on any atom is -0.478 e. The van der Waals surface area contributed by atoms with Gasteiger partial charge in [0.2, 0.25) is 5.91 Å². The molecule has 0 saturated carbocycles. The lowest BCUT2D eigenvalue weighted by molar-refractivity contribution is -0.124. The molecule has 21 heavy (non-hydrogen) atoms. The molecule has 1 aromatic rings. The zero-order chi connectivity index (χ0) is 15.0. The van der Waals surface area contributed by atoms with Crippen LogP contribution in [0.25, 0.3) is 0 Å². The third-order valence-electron chi connectivity index (χ3n) is 4.36. The molecule has 0 aliphatic carbocycles. The van der Waals surface area contributed by atoms with Crippen molar-refractivity contribution in [2.24, 2.45) is 5.92 Å². The van der Waals surface area contributed by atoms with Gasteiger partial charge in [-0.2, -0.15) is 0 Å². The molecule has 1 aromatic carbocycles. The van der Waals surface area contributed by atoms with E-state index in [0.29, 0.717) is 29.6 Å². The summed E-state index contributed by atoms with van der Waals surface area (Å²) >= 11 is 6.23. The van der Waals surface area contributed by atoms with E-state index in [1.54, 1.807) is 18.2 Å². The summed E-state index contributed by atoms with van der Waals surface area (Å²) in [6, 6.07) is 5.16. The Kier molecular flexibility index (Phi) is 3.76. The van der Waals surface area contributed by atoms with Gasteiger partial charge >= 0.3 is 5.97 Å². The summed E-state index contributed by atoms with van der Waals surface area (Å²) in [4.78, 5) is 24.9. The summed E-state index contributed by atoms with van der Waals surface area (Å²) in [5, 5.41) is 12.8. The number of hydrogen-bond acceptors (Lipinski definition) is 3. The van der Waals surface area contributed by atoms with Gasteiger partial charge in [0.15, 0.2) is 0 Å². The Labute approximate surface area is 127 Å². The van der Waals surface area contributed by atoms with Crippen LogP contribution in [-0.2, 0) is 4.79 Å². The molecule has 2 heterocycles. The molecule has 3 rings (SSSR count). The fraction of sp³-hybridized carbons (Fsp3) is 0.467. The number of piperidine rings is 2. The molecule has 2 atom stereocenters. The van der Waals surface area contributed by atoms with Gasteiger partial charge in [0.05, 0.1) is 16.3 Å². The predicted molar refractivity (Wildman–Crippen MR) is 79.9 cm³/mol. The van der Waals surface area contributed by atoms with Crippen molar-refractivity contribution in [2.45, 2.75) is 25.3 Å². The smallest absolute Gasteiger partial charge is 0.337 e. The molecule has 2 fully saturated rings. The van der Waals surface area contributed by atoms with Crippen molar-refractivity contribution in [1.82, 2.24) is 5.32 Å². The van der Waals surface area contributed by atoms with Crippen LogP contribution in [0.2, 0.25) is 5.02 Å². The molecule has 112 valence electrons. The van der Waals surface area contributed by atoms with Gasteiger partial charge in [-0.15, -0.1) is 0 Å². The molecule has 5 nitrogen and oxygen atoms in total. The maximum Gasteiger partial charge on any atom is 0.337 e. The Bertz CT molecular complexity index is 590. The topological polar surface area (TPSA) is 69.6 Å². The molecule has 2 aliphatic rings. The molecule has 1 amide bonds. The van der Waals surface area contributed by atoms with Crippen LogP contribution in [0.1, 0.15) is 29.6 Å². The van der Waals surface area contributed by atoms with E-state index in [1.165, 1.54) is 0 Å². The van der Waals surface area contributed by atoms with Crippen molar-refractivity contribution in [3.05, 3.63) is 28.8 Å². The number of halogens is 1. The average Bonchev–Trinajstić information content (AvgIpc) is 2.46. The molecular formula is C15H17ClN2O3. The third-order valence-corrected chi connectivity index (χ3v) is 4.66. The number of hydrogen-bond donors (Lipinski definition) is 2. The number of nitrogens with one attached hydrogen (secondary N) is 1. The van der Waals surface area contributed by atoms with E-state index < -0.39 is 5.97 Å². The van der Waals surface area contributed by atoms with Gasteiger partial charge in [0.1, 0.15) is 0 Å². The van der Waals surface area contributed by atoms with E-state index in [1.807, 2.05) is 4.90 Å². The van der Waals surface area contributed by atoms with Crippen LogP contribution in [0.4, 0.5) is 5.69 Å². The van der Waals surface area contributed by atoms with Crippen molar-refractivity contribution in [1.29, 1.82) is 0 Å². The fourth-order valence-electron chi connectivity index (χ4n) is 3.32. The number of carboxylic acid groups (broad SMARTS) is 1. The Hall–Kier alpha value is -1.75. The summed E-state index contributed by atoms with van der Waals surface area (Å²) in [6.07, 6.45) is 2.21. The van der Waals surface area contributed by atoms with Crippen LogP contribution in [0.5, 0.6) is 0 Å². The predicted octanol–water partition coefficient (Wildman–Crippen LogP) is 2.14. The number of para-hydroxylation sites is 1. The number of carboxylic acids is 1. The first-order chi connectivity index (χ1) is 10.1. The van der Waals surface area contributed by atoms with Crippen LogP contribution in [0, 0.1) is 5.92 Å². The summed E-state index contributed by atoms with van der Waals surface area (Å²) in [5.74, 6) is -0.491. The molecule has 0 spiro atoms. The van der Waals surface area contributed by atoms with Gasteiger partial charge in [0, 0.05) is 25.6 Å². The Morgan fingerprint density at radius 1 is 1.38 bits per heavy atom. The number of rotatable bonds is 2. The van der Waals surface area contributed by atoms with E-state index in [2.05, 4.69) is 5.32 Å². The zero-order valence-corrected chi connectivity index (χ0v) is 12.3. The highest BCUT2D eigenvalue weighted by Gasteiger charge is 2.35. The average molecular weight is 309 g/mol. The largest absolute Gasteiger partial charge is 0.478 e. The molecule has 0 aromatic heterocycles. The number of carbonyl (C=O) groups is 2. The van der Waals surface area contributed by atoms with Gasteiger partial charge < -0.3 is 15.3 Å². The molecule has 2 unspecified atom stereocenters. The van der Waals surface area contributed by atoms with Gasteiger partial charge in [-0.25, -0.2) is 4.79 Å². The number of nitrogens with zero attached hydrogens (tertiary/aromatic N) is 1. The molecule has 2 saturated heterocycles. The highest BCUT2D eigenvalue weighted by molar-refractivity contribution is 6.34. The lowest BCUT2D eigenvalue weighted by Crippen LogP contribution is -2.54. The highest BCUT2D eigenvalue weighted by Crippen LogP contribution is 2.35. The zero-order valence-electron chi connectivity index (χ0n) is 11.5. The summed E-state index contributed by atoms with van der Waals surface area (Å²) in [6.45, 7) is 1.43. The molecule has 2 aliphatic heterocycles. The first kappa shape index (κ1) is 14.2. The van der Waals surface area contributed by atoms with Gasteiger partial charge in [-0.05, 0) is 30.9 Å². The van der Waals surface area contributed by atoms with Crippen LogP contribution in [-0.4, -0.2) is 36.1 Å². The number of aromatic carboxylic acids is 1. The Morgan fingerprint density at radius 2 is 2.19 bits per heavy atom. The maximum atomic E-state index is 11.4. The van der Waals surface area contributed by atoms with Gasteiger partial charge in [-0.1, -0.05) is 17.7 Å². The SMILES string of the molecule is O=C1CCC2CN(c3c(Cl)cccc3C(=O)O)CCC2N1. The van der Waals surface area contributed by atoms with E-state index in [4.69, 9.17) is 11.6 Å². The lowest BCUT2D eigenvalue weighted by Gasteiger charge is -2.42. The molecule has 0 radical (unpaired) electrons. The molecular weight excluding hydrogens is 292 g/mol. The highest BCUT2D eigenvalue weighted by atomic mass is 35.5. The molecule has 6 heteroatoms. The van der Waals surface area contributed by atoms with E-state index in [9.17, 15) is 14.7 Å². The van der Waals surface area contributed by atoms with Crippen molar-refractivity contribution in [2.75, 3.05) is 18.0 Å². The monoisotopic (exact) mass is 308 g/mol. The Balaban J connectivity index is 1.86. The minimum absolute atomic E-state index is 0.119. The van der Waals surface area contributed by atoms with E-state index >= 15 is 0 Å². The van der Waals surface area contributed by atoms with Crippen molar-refractivity contribution < 1.29 is 14.7 Å². The lowest BCUT2D eigenvalue weighted by atomic mass is 9.85. The van der Waals surface area contributed by atoms with Crippen LogP contribution < -0.4 is 10.2 Å². The standard InChI is InChI=1S/C15H17ClN2O3/c16-11-3-1-2-10(15(20)21)14(11)18-7-6-12-9(8-18)4-5-13(19)17-12/h1-3,9,12H,4-8H2,(H,17,19)(H,20,21). The van der Waals surface area contributed by atoms with Crippen molar-refractivity contribution >= 4 is 29.2 Å². The van der Waals surface area contributed by atoms with Gasteiger partial charge in [-0.3, -0.25) is 4.79 Å². The fourth-order valence-corrected chi connectivity index (χ4v) is 3.62. The second-order valence-corrected chi connectivity index (χ2v) is 6.06. The third kappa shape index (κ3) is 2.70. The molecule has 2 N–H and O–H groups in total. The first-order valence-electron chi connectivity index (χ1n) is 7.12. The maximum absolute atomic E-state index is 11.4. The molecule has 0 bridgehead atoms. The van der Waals surface area contributed by atoms with Crippen LogP contribution >= 0.6 is 11.6 Å². The number of benzene rings is 1. The van der Waals surface area contributed by atoms with E-state index in [-0.39, 0.29) is 17.5 Å². The number of amides is 1. The van der Waals surface area contributed by atoms with Crippen LogP contribution in [0.15, 0.2) is 18.2 Å².